The van der Waals surface area contributed by atoms with Crippen LogP contribution in [0.3, 0.4) is 0 Å². The highest BCUT2D eigenvalue weighted by atomic mass is 14.5. The van der Waals surface area contributed by atoms with E-state index in [1.165, 1.54) is 16.7 Å². The van der Waals surface area contributed by atoms with Gasteiger partial charge in [-0.3, -0.25) is 0 Å². The van der Waals surface area contributed by atoms with Crippen LogP contribution in [-0.2, 0) is 10.8 Å². The summed E-state index contributed by atoms with van der Waals surface area (Å²) in [5, 5.41) is 0. The summed E-state index contributed by atoms with van der Waals surface area (Å²) in [7, 11) is 0. The van der Waals surface area contributed by atoms with Crippen LogP contribution in [0.15, 0.2) is 54.6 Å². The zero-order valence-electron chi connectivity index (χ0n) is 15.9. The standard InChI is InChI=1S/C23H32/c1-18-13-11-12-16-20(18)21(2,3)17-22(4,5)23(6,7)19-14-9-8-10-15-19/h8-16H,17H2,1-7H3. The summed E-state index contributed by atoms with van der Waals surface area (Å²) in [4.78, 5) is 0. The molecule has 0 spiro atoms. The highest BCUT2D eigenvalue weighted by Crippen LogP contribution is 2.49. The Labute approximate surface area is 143 Å². The molecule has 0 heteroatoms. The van der Waals surface area contributed by atoms with Crippen molar-refractivity contribution in [2.45, 2.75) is 65.7 Å². The molecular formula is C23H32. The van der Waals surface area contributed by atoms with Crippen LogP contribution in [-0.4, -0.2) is 0 Å². The van der Waals surface area contributed by atoms with E-state index in [2.05, 4.69) is 103 Å². The Hall–Kier alpha value is -1.56. The minimum absolute atomic E-state index is 0.119. The third-order valence-corrected chi connectivity index (χ3v) is 5.95. The maximum absolute atomic E-state index is 2.42. The fourth-order valence-corrected chi connectivity index (χ4v) is 4.00. The van der Waals surface area contributed by atoms with Crippen molar-refractivity contribution in [3.05, 3.63) is 71.3 Å². The summed E-state index contributed by atoms with van der Waals surface area (Å²) >= 11 is 0. The topological polar surface area (TPSA) is 0 Å². The maximum atomic E-state index is 2.42. The maximum Gasteiger partial charge on any atom is -0.00521 e. The molecule has 0 atom stereocenters. The van der Waals surface area contributed by atoms with Crippen LogP contribution in [0.1, 0.15) is 64.7 Å². The van der Waals surface area contributed by atoms with Crippen LogP contribution in [0.5, 0.6) is 0 Å². The summed E-state index contributed by atoms with van der Waals surface area (Å²) in [5.41, 5.74) is 4.74. The van der Waals surface area contributed by atoms with Crippen molar-refractivity contribution < 1.29 is 0 Å². The molecule has 124 valence electrons. The smallest absolute Gasteiger partial charge is 0.00521 e. The number of aryl methyl sites for hydroxylation is 1. The van der Waals surface area contributed by atoms with Gasteiger partial charge in [-0.05, 0) is 46.3 Å². The molecule has 0 unspecified atom stereocenters. The molecule has 0 N–H and O–H groups in total. The Balaban J connectivity index is 2.35. The van der Waals surface area contributed by atoms with E-state index < -0.39 is 0 Å². The lowest BCUT2D eigenvalue weighted by atomic mass is 9.57. The second-order valence-electron chi connectivity index (χ2n) is 8.75. The predicted molar refractivity (Wildman–Crippen MR) is 102 cm³/mol. The van der Waals surface area contributed by atoms with Gasteiger partial charge in [0.05, 0.1) is 0 Å². The number of hydrogen-bond acceptors (Lipinski definition) is 0. The Morgan fingerprint density at radius 1 is 0.696 bits per heavy atom. The molecular weight excluding hydrogens is 276 g/mol. The molecule has 23 heavy (non-hydrogen) atoms. The summed E-state index contributed by atoms with van der Waals surface area (Å²) < 4.78 is 0. The lowest BCUT2D eigenvalue weighted by Crippen LogP contribution is -2.41. The van der Waals surface area contributed by atoms with Crippen molar-refractivity contribution in [3.8, 4) is 0 Å². The fraction of sp³-hybridized carbons (Fsp3) is 0.478. The van der Waals surface area contributed by atoms with Crippen LogP contribution in [0.2, 0.25) is 0 Å². The first kappa shape index (κ1) is 17.8. The van der Waals surface area contributed by atoms with Crippen molar-refractivity contribution in [1.82, 2.24) is 0 Å². The largest absolute Gasteiger partial charge is 0.0622 e. The highest BCUT2D eigenvalue weighted by molar-refractivity contribution is 5.34. The lowest BCUT2D eigenvalue weighted by molar-refractivity contribution is 0.143. The van der Waals surface area contributed by atoms with Gasteiger partial charge in [0, 0.05) is 0 Å². The second-order valence-corrected chi connectivity index (χ2v) is 8.75. The molecule has 0 nitrogen and oxygen atoms in total. The Morgan fingerprint density at radius 2 is 1.22 bits per heavy atom. The van der Waals surface area contributed by atoms with Gasteiger partial charge in [-0.1, -0.05) is 96.1 Å². The molecule has 0 aliphatic carbocycles. The summed E-state index contributed by atoms with van der Waals surface area (Å²) in [6.45, 7) is 16.6. The molecule has 0 fully saturated rings. The normalized spacial score (nSPS) is 13.2. The van der Waals surface area contributed by atoms with E-state index in [1.54, 1.807) is 0 Å². The minimum Gasteiger partial charge on any atom is -0.0622 e. The van der Waals surface area contributed by atoms with Gasteiger partial charge >= 0.3 is 0 Å². The van der Waals surface area contributed by atoms with E-state index >= 15 is 0 Å². The van der Waals surface area contributed by atoms with E-state index in [4.69, 9.17) is 0 Å². The molecule has 0 bridgehead atoms. The van der Waals surface area contributed by atoms with Gasteiger partial charge in [-0.2, -0.15) is 0 Å². The quantitative estimate of drug-likeness (QED) is 0.579. The van der Waals surface area contributed by atoms with Gasteiger partial charge < -0.3 is 0 Å². The first-order valence-electron chi connectivity index (χ1n) is 8.70. The average Bonchev–Trinajstić information content (AvgIpc) is 2.47. The SMILES string of the molecule is Cc1ccccc1C(C)(C)CC(C)(C)C(C)(C)c1ccccc1. The number of hydrogen-bond donors (Lipinski definition) is 0. The zero-order chi connectivity index (χ0) is 17.3. The van der Waals surface area contributed by atoms with Crippen molar-refractivity contribution in [2.24, 2.45) is 5.41 Å². The highest BCUT2D eigenvalue weighted by Gasteiger charge is 2.42. The molecule has 0 saturated heterocycles. The minimum atomic E-state index is 0.119. The van der Waals surface area contributed by atoms with Crippen LogP contribution in [0, 0.1) is 12.3 Å². The van der Waals surface area contributed by atoms with Gasteiger partial charge in [0.25, 0.3) is 0 Å². The average molecular weight is 309 g/mol. The Bertz CT molecular complexity index is 645. The molecule has 0 radical (unpaired) electrons. The Morgan fingerprint density at radius 3 is 1.78 bits per heavy atom. The van der Waals surface area contributed by atoms with Gasteiger partial charge in [0.15, 0.2) is 0 Å². The van der Waals surface area contributed by atoms with Crippen molar-refractivity contribution >= 4 is 0 Å². The molecule has 0 aromatic heterocycles. The number of rotatable bonds is 5. The monoisotopic (exact) mass is 308 g/mol. The summed E-state index contributed by atoms with van der Waals surface area (Å²) in [6, 6.07) is 19.8. The Kier molecular flexibility index (Phi) is 4.76. The van der Waals surface area contributed by atoms with Crippen LogP contribution >= 0.6 is 0 Å². The molecule has 0 heterocycles. The van der Waals surface area contributed by atoms with E-state index in [0.717, 1.165) is 6.42 Å². The van der Waals surface area contributed by atoms with Gasteiger partial charge in [0.2, 0.25) is 0 Å². The van der Waals surface area contributed by atoms with E-state index in [-0.39, 0.29) is 16.2 Å². The zero-order valence-corrected chi connectivity index (χ0v) is 15.9. The van der Waals surface area contributed by atoms with E-state index in [0.29, 0.717) is 0 Å². The van der Waals surface area contributed by atoms with E-state index in [1.807, 2.05) is 0 Å². The second kappa shape index (κ2) is 6.15. The molecule has 0 amide bonds. The molecule has 0 saturated carbocycles. The van der Waals surface area contributed by atoms with Crippen molar-refractivity contribution in [2.75, 3.05) is 0 Å². The summed E-state index contributed by atoms with van der Waals surface area (Å²) in [5.74, 6) is 0. The fourth-order valence-electron chi connectivity index (χ4n) is 4.00. The van der Waals surface area contributed by atoms with Crippen LogP contribution in [0.4, 0.5) is 0 Å². The molecule has 0 aliphatic heterocycles. The van der Waals surface area contributed by atoms with Crippen LogP contribution < -0.4 is 0 Å². The molecule has 2 aromatic carbocycles. The predicted octanol–water partition coefficient (Wildman–Crippen LogP) is 6.67. The lowest BCUT2D eigenvalue weighted by Gasteiger charge is -2.47. The molecule has 2 rings (SSSR count). The van der Waals surface area contributed by atoms with Gasteiger partial charge in [0.1, 0.15) is 0 Å². The van der Waals surface area contributed by atoms with Crippen molar-refractivity contribution in [3.63, 3.8) is 0 Å². The van der Waals surface area contributed by atoms with Gasteiger partial charge in [-0.15, -0.1) is 0 Å². The molecule has 2 aromatic rings. The first-order chi connectivity index (χ1) is 10.6. The van der Waals surface area contributed by atoms with E-state index in [9.17, 15) is 0 Å². The van der Waals surface area contributed by atoms with Crippen molar-refractivity contribution in [1.29, 1.82) is 0 Å². The summed E-state index contributed by atoms with van der Waals surface area (Å²) in [6.07, 6.45) is 1.15. The number of benzene rings is 2. The first-order valence-corrected chi connectivity index (χ1v) is 8.70. The van der Waals surface area contributed by atoms with Crippen LogP contribution in [0.25, 0.3) is 0 Å². The molecule has 0 aliphatic rings. The third kappa shape index (κ3) is 3.52. The van der Waals surface area contributed by atoms with Gasteiger partial charge in [-0.25, -0.2) is 0 Å². The third-order valence-electron chi connectivity index (χ3n) is 5.95.